The summed E-state index contributed by atoms with van der Waals surface area (Å²) in [5, 5.41) is 4.34. The van der Waals surface area contributed by atoms with E-state index < -0.39 is 0 Å². The smallest absolute Gasteiger partial charge is 0.160 e. The highest BCUT2D eigenvalue weighted by Crippen LogP contribution is 2.45. The molecule has 9 aromatic carbocycles. The minimum absolute atomic E-state index is 0.679. The Morgan fingerprint density at radius 3 is 1.37 bits per heavy atom. The molecule has 0 fully saturated rings. The predicted molar refractivity (Wildman–Crippen MR) is 255 cm³/mol. The molecule has 62 heavy (non-hydrogen) atoms. The van der Waals surface area contributed by atoms with Crippen LogP contribution in [0.2, 0.25) is 0 Å². The maximum absolute atomic E-state index is 6.72. The van der Waals surface area contributed by atoms with Crippen LogP contribution < -0.4 is 0 Å². The second kappa shape index (κ2) is 14.7. The number of fused-ring (bicyclic) bond motifs is 6. The normalized spacial score (nSPS) is 11.5. The maximum atomic E-state index is 6.72. The van der Waals surface area contributed by atoms with Crippen LogP contribution in [0.25, 0.3) is 122 Å². The van der Waals surface area contributed by atoms with E-state index in [-0.39, 0.29) is 0 Å². The zero-order valence-electron chi connectivity index (χ0n) is 33.5. The van der Waals surface area contributed by atoms with E-state index in [2.05, 4.69) is 170 Å². The van der Waals surface area contributed by atoms with Crippen LogP contribution in [0.15, 0.2) is 227 Å². The van der Waals surface area contributed by atoms with Crippen LogP contribution in [-0.2, 0) is 0 Å². The Balaban J connectivity index is 0.920. The molecule has 0 aliphatic rings. The summed E-state index contributed by atoms with van der Waals surface area (Å²) in [6.45, 7) is 0. The molecule has 0 aliphatic heterocycles. The van der Waals surface area contributed by atoms with E-state index in [1.165, 1.54) is 11.1 Å². The van der Waals surface area contributed by atoms with Crippen LogP contribution in [0, 0.1) is 0 Å². The fraction of sp³-hybridized carbons (Fsp3) is 0. The Bertz CT molecular complexity index is 3590. The number of hydrogen-bond donors (Lipinski definition) is 0. The van der Waals surface area contributed by atoms with Gasteiger partial charge in [0, 0.05) is 49.4 Å². The van der Waals surface area contributed by atoms with Crippen molar-refractivity contribution in [2.45, 2.75) is 0 Å². The van der Waals surface area contributed by atoms with Crippen molar-refractivity contribution in [2.75, 3.05) is 0 Å². The van der Waals surface area contributed by atoms with Gasteiger partial charge in [-0.25, -0.2) is 9.97 Å². The minimum Gasteiger partial charge on any atom is -0.455 e. The predicted octanol–water partition coefficient (Wildman–Crippen LogP) is 15.9. The largest absolute Gasteiger partial charge is 0.455 e. The molecule has 0 radical (unpaired) electrons. The van der Waals surface area contributed by atoms with Crippen molar-refractivity contribution in [3.8, 4) is 78.4 Å². The molecule has 0 atom stereocenters. The highest BCUT2D eigenvalue weighted by Gasteiger charge is 2.21. The Hall–Kier alpha value is -8.34. The first kappa shape index (κ1) is 35.6. The minimum atomic E-state index is 0.679. The van der Waals surface area contributed by atoms with Gasteiger partial charge in [0.05, 0.1) is 11.4 Å². The van der Waals surface area contributed by atoms with Crippen molar-refractivity contribution in [2.24, 2.45) is 0 Å². The quantitative estimate of drug-likeness (QED) is 0.161. The molecule has 0 N–H and O–H groups in total. The summed E-state index contributed by atoms with van der Waals surface area (Å²) in [6.07, 6.45) is 0. The van der Waals surface area contributed by atoms with E-state index in [9.17, 15) is 0 Å². The second-order valence-corrected chi connectivity index (χ2v) is 15.7. The Morgan fingerprint density at radius 2 is 0.710 bits per heavy atom. The molecule has 12 aromatic rings. The van der Waals surface area contributed by atoms with Gasteiger partial charge in [0.25, 0.3) is 0 Å². The van der Waals surface area contributed by atoms with Crippen molar-refractivity contribution in [3.05, 3.63) is 218 Å². The molecular formula is C58H36N2O2. The lowest BCUT2D eigenvalue weighted by molar-refractivity contribution is 0.665. The van der Waals surface area contributed by atoms with Crippen LogP contribution in [0.1, 0.15) is 0 Å². The zero-order valence-corrected chi connectivity index (χ0v) is 33.5. The molecule has 0 amide bonds. The average Bonchev–Trinajstić information content (AvgIpc) is 3.94. The van der Waals surface area contributed by atoms with Gasteiger partial charge in [0.15, 0.2) is 5.82 Å². The van der Waals surface area contributed by atoms with Crippen LogP contribution in [0.5, 0.6) is 0 Å². The summed E-state index contributed by atoms with van der Waals surface area (Å²) in [6, 6.07) is 76.1. The lowest BCUT2D eigenvalue weighted by atomic mass is 9.93. The van der Waals surface area contributed by atoms with E-state index in [1.807, 2.05) is 48.5 Å². The summed E-state index contributed by atoms with van der Waals surface area (Å²) >= 11 is 0. The van der Waals surface area contributed by atoms with E-state index >= 15 is 0 Å². The van der Waals surface area contributed by atoms with Gasteiger partial charge in [-0.1, -0.05) is 194 Å². The molecule has 4 heteroatoms. The molecule has 4 nitrogen and oxygen atoms in total. The van der Waals surface area contributed by atoms with Gasteiger partial charge in [-0.2, -0.15) is 0 Å². The number of furan rings is 2. The molecule has 3 heterocycles. The van der Waals surface area contributed by atoms with Gasteiger partial charge in [0.2, 0.25) is 0 Å². The summed E-state index contributed by atoms with van der Waals surface area (Å²) in [4.78, 5) is 10.3. The molecule has 12 rings (SSSR count). The summed E-state index contributed by atoms with van der Waals surface area (Å²) < 4.78 is 13.2. The number of para-hydroxylation sites is 3. The Morgan fingerprint density at radius 1 is 0.274 bits per heavy atom. The second-order valence-electron chi connectivity index (χ2n) is 15.7. The summed E-state index contributed by atoms with van der Waals surface area (Å²) in [5.74, 6) is 0.679. The molecule has 3 aromatic heterocycles. The Kier molecular flexibility index (Phi) is 8.46. The van der Waals surface area contributed by atoms with Crippen LogP contribution >= 0.6 is 0 Å². The fourth-order valence-corrected chi connectivity index (χ4v) is 8.84. The van der Waals surface area contributed by atoms with Crippen molar-refractivity contribution in [1.82, 2.24) is 9.97 Å². The third-order valence-corrected chi connectivity index (χ3v) is 12.0. The number of benzene rings is 9. The van der Waals surface area contributed by atoms with E-state index in [4.69, 9.17) is 18.8 Å². The van der Waals surface area contributed by atoms with Crippen LogP contribution in [-0.4, -0.2) is 9.97 Å². The molecule has 0 bridgehead atoms. The number of hydrogen-bond acceptors (Lipinski definition) is 4. The van der Waals surface area contributed by atoms with Crippen LogP contribution in [0.4, 0.5) is 0 Å². The SMILES string of the molecule is c1ccc(-c2ccc(-c3ccc(-c4nc(-c5ccccc5)cc(-c5ccc(-c6ccc(-c7cccc8c7oc7ccccc78)c7oc8ccccc8c67)cc5)n4)cc3)cc2)cc1. The molecule has 0 unspecified atom stereocenters. The number of aromatic nitrogens is 2. The van der Waals surface area contributed by atoms with Gasteiger partial charge >= 0.3 is 0 Å². The third-order valence-electron chi connectivity index (χ3n) is 12.0. The molecule has 0 saturated heterocycles. The highest BCUT2D eigenvalue weighted by molar-refractivity contribution is 6.18. The highest BCUT2D eigenvalue weighted by atomic mass is 16.3. The first-order chi connectivity index (χ1) is 30.7. The summed E-state index contributed by atoms with van der Waals surface area (Å²) in [7, 11) is 0. The molecule has 0 aliphatic carbocycles. The number of rotatable bonds is 7. The maximum Gasteiger partial charge on any atom is 0.160 e. The first-order valence-corrected chi connectivity index (χ1v) is 20.9. The molecule has 0 saturated carbocycles. The van der Waals surface area contributed by atoms with Gasteiger partial charge in [-0.3, -0.25) is 0 Å². The standard InChI is InChI=1S/C58H36N2O2/c1-3-12-37(13-4-1)38-22-24-39(25-23-38)40-26-32-44(33-27-40)58-59-51(42-14-5-2-6-15-42)36-52(60-58)43-30-28-41(29-31-43)45-34-35-49(57-55(45)50-17-8-10-21-54(50)62-57)48-19-11-18-47-46-16-7-9-20-53(46)61-56(47)48/h1-36H. The van der Waals surface area contributed by atoms with Gasteiger partial charge in [-0.15, -0.1) is 0 Å². The topological polar surface area (TPSA) is 52.1 Å². The van der Waals surface area contributed by atoms with Gasteiger partial charge in [-0.05, 0) is 57.6 Å². The third kappa shape index (κ3) is 6.16. The van der Waals surface area contributed by atoms with Gasteiger partial charge in [0.1, 0.15) is 22.3 Å². The van der Waals surface area contributed by atoms with Crippen molar-refractivity contribution >= 4 is 43.9 Å². The average molecular weight is 793 g/mol. The zero-order chi connectivity index (χ0) is 41.0. The Labute approximate surface area is 358 Å². The van der Waals surface area contributed by atoms with Crippen LogP contribution in [0.3, 0.4) is 0 Å². The van der Waals surface area contributed by atoms with E-state index in [0.29, 0.717) is 5.82 Å². The van der Waals surface area contributed by atoms with E-state index in [1.54, 1.807) is 0 Å². The fourth-order valence-electron chi connectivity index (χ4n) is 8.84. The van der Waals surface area contributed by atoms with E-state index in [0.717, 1.165) is 105 Å². The van der Waals surface area contributed by atoms with Crippen molar-refractivity contribution in [3.63, 3.8) is 0 Å². The first-order valence-electron chi connectivity index (χ1n) is 20.9. The molecular weight excluding hydrogens is 757 g/mol. The van der Waals surface area contributed by atoms with Crippen molar-refractivity contribution < 1.29 is 8.83 Å². The monoisotopic (exact) mass is 792 g/mol. The lowest BCUT2D eigenvalue weighted by Gasteiger charge is -2.12. The molecule has 0 spiro atoms. The lowest BCUT2D eigenvalue weighted by Crippen LogP contribution is -1.96. The van der Waals surface area contributed by atoms with Gasteiger partial charge < -0.3 is 8.83 Å². The molecule has 290 valence electrons. The number of nitrogens with zero attached hydrogens (tertiary/aromatic N) is 2. The summed E-state index contributed by atoms with van der Waals surface area (Å²) in [5.41, 5.74) is 17.0. The van der Waals surface area contributed by atoms with Crippen molar-refractivity contribution in [1.29, 1.82) is 0 Å².